The predicted octanol–water partition coefficient (Wildman–Crippen LogP) is 6.42. The summed E-state index contributed by atoms with van der Waals surface area (Å²) < 4.78 is 19.6. The average Bonchev–Trinajstić information content (AvgIpc) is 3.51. The zero-order valence-corrected chi connectivity index (χ0v) is 22.0. The fourth-order valence-electron chi connectivity index (χ4n) is 3.67. The smallest absolute Gasteiger partial charge is 0.278 e. The third-order valence-electron chi connectivity index (χ3n) is 5.57. The summed E-state index contributed by atoms with van der Waals surface area (Å²) in [5, 5.41) is 5.81. The Labute approximate surface area is 229 Å². The van der Waals surface area contributed by atoms with E-state index in [-0.39, 0.29) is 23.1 Å². The fraction of sp³-hybridized carbons (Fsp3) is 0.0357. The molecule has 0 bridgehead atoms. The summed E-state index contributed by atoms with van der Waals surface area (Å²) in [6.45, 7) is -0.0235. The van der Waals surface area contributed by atoms with Gasteiger partial charge in [0.2, 0.25) is 0 Å². The minimum Gasteiger partial charge on any atom is -0.467 e. The van der Waals surface area contributed by atoms with Crippen LogP contribution in [0, 0.1) is 5.82 Å². The fourth-order valence-corrected chi connectivity index (χ4v) is 4.88. The van der Waals surface area contributed by atoms with Crippen molar-refractivity contribution in [2.75, 3.05) is 10.6 Å². The van der Waals surface area contributed by atoms with E-state index >= 15 is 0 Å². The van der Waals surface area contributed by atoms with Gasteiger partial charge in [-0.15, -0.1) is 0 Å². The molecule has 4 aromatic rings. The molecule has 0 atom stereocenters. The molecular formula is C28H19BrFN3O4S. The van der Waals surface area contributed by atoms with E-state index in [4.69, 9.17) is 4.42 Å². The maximum Gasteiger partial charge on any atom is 0.278 e. The third kappa shape index (κ3) is 5.71. The van der Waals surface area contributed by atoms with Crippen molar-refractivity contribution in [2.24, 2.45) is 0 Å². The molecule has 0 radical (unpaired) electrons. The number of thioether (sulfide) groups is 1. The molecule has 2 N–H and O–H groups in total. The van der Waals surface area contributed by atoms with Gasteiger partial charge in [0.05, 0.1) is 12.8 Å². The Hall–Kier alpha value is -4.15. The van der Waals surface area contributed by atoms with E-state index in [1.165, 1.54) is 30.5 Å². The monoisotopic (exact) mass is 591 g/mol. The van der Waals surface area contributed by atoms with Crippen molar-refractivity contribution in [1.82, 2.24) is 4.90 Å². The highest BCUT2D eigenvalue weighted by atomic mass is 79.9. The van der Waals surface area contributed by atoms with Gasteiger partial charge in [-0.05, 0) is 84.9 Å². The number of nitrogens with zero attached hydrogens (tertiary/aromatic N) is 1. The highest BCUT2D eigenvalue weighted by molar-refractivity contribution is 9.10. The number of hydrogen-bond donors (Lipinski definition) is 2. The topological polar surface area (TPSA) is 91.7 Å². The summed E-state index contributed by atoms with van der Waals surface area (Å²) in [7, 11) is 0. The molecule has 1 aliphatic heterocycles. The van der Waals surface area contributed by atoms with E-state index < -0.39 is 17.6 Å². The van der Waals surface area contributed by atoms with Crippen molar-refractivity contribution in [2.45, 2.75) is 11.4 Å². The minimum atomic E-state index is -0.517. The van der Waals surface area contributed by atoms with Crippen LogP contribution in [0.3, 0.4) is 0 Å². The van der Waals surface area contributed by atoms with Crippen LogP contribution in [0.25, 0.3) is 0 Å². The Bertz CT molecular complexity index is 1520. The molecule has 0 spiro atoms. The van der Waals surface area contributed by atoms with Crippen molar-refractivity contribution in [3.05, 3.63) is 123 Å². The first-order valence-electron chi connectivity index (χ1n) is 11.4. The van der Waals surface area contributed by atoms with Crippen LogP contribution in [0.4, 0.5) is 15.8 Å². The molecule has 0 saturated heterocycles. The van der Waals surface area contributed by atoms with Gasteiger partial charge in [-0.1, -0.05) is 27.7 Å². The predicted molar refractivity (Wildman–Crippen MR) is 146 cm³/mol. The lowest BCUT2D eigenvalue weighted by molar-refractivity contribution is -0.138. The van der Waals surface area contributed by atoms with Crippen molar-refractivity contribution in [1.29, 1.82) is 0 Å². The minimum absolute atomic E-state index is 0.0235. The Kier molecular flexibility index (Phi) is 7.43. The Morgan fingerprint density at radius 1 is 0.895 bits per heavy atom. The van der Waals surface area contributed by atoms with E-state index in [1.54, 1.807) is 60.7 Å². The van der Waals surface area contributed by atoms with E-state index in [0.717, 1.165) is 21.1 Å². The van der Waals surface area contributed by atoms with Crippen molar-refractivity contribution in [3.63, 3.8) is 0 Å². The van der Waals surface area contributed by atoms with E-state index in [2.05, 4.69) is 26.6 Å². The van der Waals surface area contributed by atoms with Crippen LogP contribution in [0.1, 0.15) is 16.1 Å². The number of carbonyl (C=O) groups is 3. The van der Waals surface area contributed by atoms with Crippen molar-refractivity contribution >= 4 is 56.8 Å². The van der Waals surface area contributed by atoms with Gasteiger partial charge < -0.3 is 15.1 Å². The molecule has 0 fully saturated rings. The van der Waals surface area contributed by atoms with Gasteiger partial charge in [0, 0.05) is 26.3 Å². The molecule has 0 aliphatic carbocycles. The van der Waals surface area contributed by atoms with Crippen LogP contribution in [-0.2, 0) is 16.1 Å². The molecule has 1 aliphatic rings. The van der Waals surface area contributed by atoms with Crippen LogP contribution < -0.4 is 10.6 Å². The summed E-state index contributed by atoms with van der Waals surface area (Å²) in [6.07, 6.45) is 1.47. The Morgan fingerprint density at radius 2 is 1.58 bits per heavy atom. The lowest BCUT2D eigenvalue weighted by Crippen LogP contribution is -2.31. The number of furan rings is 1. The highest BCUT2D eigenvalue weighted by Gasteiger charge is 2.39. The largest absolute Gasteiger partial charge is 0.467 e. The van der Waals surface area contributed by atoms with Gasteiger partial charge in [-0.25, -0.2) is 4.39 Å². The lowest BCUT2D eigenvalue weighted by atomic mass is 10.2. The van der Waals surface area contributed by atoms with Crippen LogP contribution in [0.15, 0.2) is 116 Å². The molecule has 7 nitrogen and oxygen atoms in total. The normalized spacial score (nSPS) is 13.3. The number of benzene rings is 3. The number of nitrogens with one attached hydrogen (secondary N) is 2. The molecule has 3 aromatic carbocycles. The average molecular weight is 592 g/mol. The van der Waals surface area contributed by atoms with E-state index in [0.29, 0.717) is 27.6 Å². The summed E-state index contributed by atoms with van der Waals surface area (Å²) in [4.78, 5) is 41.0. The molecule has 190 valence electrons. The Morgan fingerprint density at radius 3 is 2.24 bits per heavy atom. The standard InChI is InChI=1S/C28H19BrFN3O4S/c29-18-5-3-17(4-6-18)26(34)32-21-11-13-23(14-12-21)38-25-24(31-20-9-7-19(30)8-10-20)27(35)33(28(25)36)16-22-2-1-15-37-22/h1-15,31H,16H2,(H,32,34). The van der Waals surface area contributed by atoms with Crippen LogP contribution in [-0.4, -0.2) is 22.6 Å². The second kappa shape index (κ2) is 11.1. The molecule has 5 rings (SSSR count). The number of halogens is 2. The summed E-state index contributed by atoms with van der Waals surface area (Å²) in [6, 6.07) is 22.8. The quantitative estimate of drug-likeness (QED) is 0.230. The van der Waals surface area contributed by atoms with Gasteiger partial charge >= 0.3 is 0 Å². The second-order valence-corrected chi connectivity index (χ2v) is 10.2. The summed E-state index contributed by atoms with van der Waals surface area (Å²) >= 11 is 4.46. The number of amides is 3. The first-order valence-corrected chi connectivity index (χ1v) is 13.0. The molecule has 1 aromatic heterocycles. The van der Waals surface area contributed by atoms with Crippen LogP contribution >= 0.6 is 27.7 Å². The first kappa shape index (κ1) is 25.5. The van der Waals surface area contributed by atoms with Gasteiger partial charge in [0.25, 0.3) is 17.7 Å². The van der Waals surface area contributed by atoms with Crippen molar-refractivity contribution in [3.8, 4) is 0 Å². The molecule has 0 unspecified atom stereocenters. The zero-order chi connectivity index (χ0) is 26.6. The molecule has 10 heteroatoms. The molecular weight excluding hydrogens is 573 g/mol. The maximum atomic E-state index is 13.4. The maximum absolute atomic E-state index is 13.4. The SMILES string of the molecule is O=C(Nc1ccc(SC2=C(Nc3ccc(F)cc3)C(=O)N(Cc3ccco3)C2=O)cc1)c1ccc(Br)cc1. The molecule has 2 heterocycles. The number of rotatable bonds is 8. The zero-order valence-electron chi connectivity index (χ0n) is 19.6. The summed E-state index contributed by atoms with van der Waals surface area (Å²) in [5.74, 6) is -1.20. The van der Waals surface area contributed by atoms with Gasteiger partial charge in [-0.3, -0.25) is 19.3 Å². The first-order chi connectivity index (χ1) is 18.4. The van der Waals surface area contributed by atoms with Gasteiger partial charge in [-0.2, -0.15) is 0 Å². The molecule has 3 amide bonds. The van der Waals surface area contributed by atoms with Crippen molar-refractivity contribution < 1.29 is 23.2 Å². The van der Waals surface area contributed by atoms with Gasteiger partial charge in [0.15, 0.2) is 0 Å². The highest BCUT2D eigenvalue weighted by Crippen LogP contribution is 2.37. The molecule has 0 saturated carbocycles. The number of anilines is 2. The van der Waals surface area contributed by atoms with Gasteiger partial charge in [0.1, 0.15) is 22.2 Å². The third-order valence-corrected chi connectivity index (χ3v) is 7.19. The van der Waals surface area contributed by atoms with Crippen LogP contribution in [0.2, 0.25) is 0 Å². The summed E-state index contributed by atoms with van der Waals surface area (Å²) in [5.41, 5.74) is 1.64. The lowest BCUT2D eigenvalue weighted by Gasteiger charge is -2.13. The van der Waals surface area contributed by atoms with E-state index in [9.17, 15) is 18.8 Å². The Balaban J connectivity index is 1.36. The second-order valence-electron chi connectivity index (χ2n) is 8.20. The number of carbonyl (C=O) groups excluding carboxylic acids is 3. The number of imide groups is 1. The van der Waals surface area contributed by atoms with Crippen LogP contribution in [0.5, 0.6) is 0 Å². The molecule has 38 heavy (non-hydrogen) atoms. The number of hydrogen-bond acceptors (Lipinski definition) is 6. The van der Waals surface area contributed by atoms with E-state index in [1.807, 2.05) is 0 Å².